The van der Waals surface area contributed by atoms with Crippen LogP contribution in [0.15, 0.2) is 27.8 Å². The average molecular weight is 363 g/mol. The largest absolute Gasteiger partial charge is 0.497 e. The Bertz CT molecular complexity index is 743. The summed E-state index contributed by atoms with van der Waals surface area (Å²) in [7, 11) is 3.16. The molecule has 8 heteroatoms. The maximum absolute atomic E-state index is 12.4. The van der Waals surface area contributed by atoms with Crippen molar-refractivity contribution >= 4 is 17.7 Å². The first-order chi connectivity index (χ1) is 12.1. The lowest BCUT2D eigenvalue weighted by Crippen LogP contribution is -2.34. The predicted octanol–water partition coefficient (Wildman–Crippen LogP) is 2.86. The highest BCUT2D eigenvalue weighted by Crippen LogP contribution is 2.34. The molecule has 3 rings (SSSR count). The lowest BCUT2D eigenvalue weighted by Gasteiger charge is -2.18. The van der Waals surface area contributed by atoms with Gasteiger partial charge >= 0.3 is 0 Å². The summed E-state index contributed by atoms with van der Waals surface area (Å²) in [4.78, 5) is 14.3. The highest BCUT2D eigenvalue weighted by atomic mass is 32.2. The van der Waals surface area contributed by atoms with Crippen molar-refractivity contribution < 1.29 is 18.7 Å². The molecule has 134 valence electrons. The molecule has 0 radical (unpaired) electrons. The third-order valence-electron chi connectivity index (χ3n) is 4.09. The second kappa shape index (κ2) is 7.77. The van der Waals surface area contributed by atoms with E-state index in [2.05, 4.69) is 10.2 Å². The molecule has 2 heterocycles. The first-order valence-corrected chi connectivity index (χ1v) is 9.01. The van der Waals surface area contributed by atoms with Gasteiger partial charge in [0.15, 0.2) is 0 Å². The zero-order valence-corrected chi connectivity index (χ0v) is 15.3. The molecule has 7 nitrogen and oxygen atoms in total. The van der Waals surface area contributed by atoms with Gasteiger partial charge in [-0.05, 0) is 31.9 Å². The quantitative estimate of drug-likeness (QED) is 0.730. The molecule has 1 atom stereocenters. The second-order valence-electron chi connectivity index (χ2n) is 5.73. The van der Waals surface area contributed by atoms with Crippen LogP contribution in [0.1, 0.15) is 19.8 Å². The SMILES string of the molecule is COc1ccc(-c2nnc(S[C@H](C)C(=O)N3CCCC3)o2)c(OC)c1. The molecule has 1 aliphatic rings. The van der Waals surface area contributed by atoms with Crippen molar-refractivity contribution in [3.63, 3.8) is 0 Å². The number of carbonyl (C=O) groups is 1. The standard InChI is InChI=1S/C17H21N3O4S/c1-11(16(21)20-8-4-5-9-20)25-17-19-18-15(24-17)13-7-6-12(22-2)10-14(13)23-3/h6-7,10-11H,4-5,8-9H2,1-3H3/t11-/m1/s1. The van der Waals surface area contributed by atoms with Gasteiger partial charge in [-0.2, -0.15) is 0 Å². The summed E-state index contributed by atoms with van der Waals surface area (Å²) in [6.45, 7) is 3.53. The molecule has 0 spiro atoms. The Balaban J connectivity index is 1.73. The number of benzene rings is 1. The lowest BCUT2D eigenvalue weighted by atomic mass is 10.2. The van der Waals surface area contributed by atoms with Crippen LogP contribution in [0.25, 0.3) is 11.5 Å². The second-order valence-corrected chi connectivity index (χ2v) is 7.02. The van der Waals surface area contributed by atoms with Gasteiger partial charge in [-0.1, -0.05) is 11.8 Å². The molecule has 1 aliphatic heterocycles. The van der Waals surface area contributed by atoms with Crippen LogP contribution in [0.4, 0.5) is 0 Å². The highest BCUT2D eigenvalue weighted by Gasteiger charge is 2.26. The van der Waals surface area contributed by atoms with Gasteiger partial charge in [0.25, 0.3) is 11.1 Å². The van der Waals surface area contributed by atoms with Crippen LogP contribution in [-0.4, -0.2) is 53.6 Å². The van der Waals surface area contributed by atoms with Gasteiger partial charge in [0.2, 0.25) is 5.91 Å². The monoisotopic (exact) mass is 363 g/mol. The van der Waals surface area contributed by atoms with Crippen molar-refractivity contribution in [1.29, 1.82) is 0 Å². The summed E-state index contributed by atoms with van der Waals surface area (Å²) < 4.78 is 16.3. The number of thioether (sulfide) groups is 1. The first kappa shape index (κ1) is 17.6. The fraction of sp³-hybridized carbons (Fsp3) is 0.471. The molecule has 1 saturated heterocycles. The molecular weight excluding hydrogens is 342 g/mol. The molecule has 1 fully saturated rings. The van der Waals surface area contributed by atoms with Gasteiger partial charge in [0.05, 0.1) is 25.0 Å². The number of ether oxygens (including phenoxy) is 2. The average Bonchev–Trinajstić information content (AvgIpc) is 3.32. The molecule has 25 heavy (non-hydrogen) atoms. The molecule has 0 saturated carbocycles. The zero-order valence-electron chi connectivity index (χ0n) is 14.5. The number of hydrogen-bond acceptors (Lipinski definition) is 7. The van der Waals surface area contributed by atoms with Crippen LogP contribution in [0.5, 0.6) is 11.5 Å². The Morgan fingerprint density at radius 1 is 1.24 bits per heavy atom. The zero-order chi connectivity index (χ0) is 17.8. The number of likely N-dealkylation sites (tertiary alicyclic amines) is 1. The molecule has 1 aromatic carbocycles. The number of aromatic nitrogens is 2. The van der Waals surface area contributed by atoms with Crippen LogP contribution in [-0.2, 0) is 4.79 Å². The van der Waals surface area contributed by atoms with Crippen molar-refractivity contribution in [2.75, 3.05) is 27.3 Å². The van der Waals surface area contributed by atoms with Crippen LogP contribution >= 0.6 is 11.8 Å². The molecule has 1 aromatic heterocycles. The molecule has 2 aromatic rings. The Kier molecular flexibility index (Phi) is 5.47. The third kappa shape index (κ3) is 3.89. The summed E-state index contributed by atoms with van der Waals surface area (Å²) in [5.74, 6) is 1.73. The Labute approximate surface area is 150 Å². The van der Waals surface area contributed by atoms with Crippen molar-refractivity contribution in [3.8, 4) is 23.0 Å². The maximum atomic E-state index is 12.4. The van der Waals surface area contributed by atoms with Crippen molar-refractivity contribution in [1.82, 2.24) is 15.1 Å². The number of methoxy groups -OCH3 is 2. The Hall–Kier alpha value is -2.22. The van der Waals surface area contributed by atoms with E-state index < -0.39 is 0 Å². The number of carbonyl (C=O) groups excluding carboxylic acids is 1. The third-order valence-corrected chi connectivity index (χ3v) is 5.01. The number of hydrogen-bond donors (Lipinski definition) is 0. The lowest BCUT2D eigenvalue weighted by molar-refractivity contribution is -0.129. The normalized spacial score (nSPS) is 15.2. The Morgan fingerprint density at radius 2 is 2.00 bits per heavy atom. The predicted molar refractivity (Wildman–Crippen MR) is 94.0 cm³/mol. The summed E-state index contributed by atoms with van der Waals surface area (Å²) in [5, 5.41) is 8.23. The van der Waals surface area contributed by atoms with Crippen LogP contribution in [0.3, 0.4) is 0 Å². The van der Waals surface area contributed by atoms with Crippen LogP contribution in [0, 0.1) is 0 Å². The minimum atomic E-state index is -0.260. The Morgan fingerprint density at radius 3 is 2.68 bits per heavy atom. The van der Waals surface area contributed by atoms with Gasteiger partial charge in [-0.3, -0.25) is 4.79 Å². The topological polar surface area (TPSA) is 77.7 Å². The molecule has 0 aliphatic carbocycles. The summed E-state index contributed by atoms with van der Waals surface area (Å²) in [5.41, 5.74) is 0.682. The van der Waals surface area contributed by atoms with E-state index in [1.54, 1.807) is 32.4 Å². The van der Waals surface area contributed by atoms with Gasteiger partial charge in [-0.15, -0.1) is 10.2 Å². The van der Waals surface area contributed by atoms with Crippen LogP contribution < -0.4 is 9.47 Å². The van der Waals surface area contributed by atoms with Gasteiger partial charge in [0.1, 0.15) is 11.5 Å². The van der Waals surface area contributed by atoms with E-state index in [1.807, 2.05) is 11.8 Å². The van der Waals surface area contributed by atoms with Crippen molar-refractivity contribution in [2.45, 2.75) is 30.2 Å². The van der Waals surface area contributed by atoms with Crippen LogP contribution in [0.2, 0.25) is 0 Å². The van der Waals surface area contributed by atoms with Crippen molar-refractivity contribution in [2.24, 2.45) is 0 Å². The van der Waals surface area contributed by atoms with Gasteiger partial charge in [-0.25, -0.2) is 0 Å². The van der Waals surface area contributed by atoms with E-state index in [0.29, 0.717) is 28.2 Å². The van der Waals surface area contributed by atoms with Gasteiger partial charge in [0, 0.05) is 19.2 Å². The fourth-order valence-corrected chi connectivity index (χ4v) is 3.51. The number of amides is 1. The summed E-state index contributed by atoms with van der Waals surface area (Å²) >= 11 is 1.28. The van der Waals surface area contributed by atoms with Crippen molar-refractivity contribution in [3.05, 3.63) is 18.2 Å². The maximum Gasteiger partial charge on any atom is 0.277 e. The smallest absolute Gasteiger partial charge is 0.277 e. The highest BCUT2D eigenvalue weighted by molar-refractivity contribution is 8.00. The van der Waals surface area contributed by atoms with Gasteiger partial charge < -0.3 is 18.8 Å². The number of rotatable bonds is 6. The minimum Gasteiger partial charge on any atom is -0.497 e. The summed E-state index contributed by atoms with van der Waals surface area (Å²) in [6.07, 6.45) is 2.15. The minimum absolute atomic E-state index is 0.115. The van der Waals surface area contributed by atoms with E-state index in [1.165, 1.54) is 11.8 Å². The van der Waals surface area contributed by atoms with E-state index in [4.69, 9.17) is 13.9 Å². The molecule has 0 unspecified atom stereocenters. The fourth-order valence-electron chi connectivity index (χ4n) is 2.74. The molecular formula is C17H21N3O4S. The van der Waals surface area contributed by atoms with E-state index >= 15 is 0 Å². The molecule has 1 amide bonds. The number of nitrogens with zero attached hydrogens (tertiary/aromatic N) is 3. The van der Waals surface area contributed by atoms with E-state index in [9.17, 15) is 4.79 Å². The van der Waals surface area contributed by atoms with E-state index in [0.717, 1.165) is 25.9 Å². The molecule has 0 bridgehead atoms. The molecule has 0 N–H and O–H groups in total. The first-order valence-electron chi connectivity index (χ1n) is 8.13. The van der Waals surface area contributed by atoms with E-state index in [-0.39, 0.29) is 11.2 Å². The summed E-state index contributed by atoms with van der Waals surface area (Å²) in [6, 6.07) is 5.36.